The monoisotopic (exact) mass is 452 g/mol. The Bertz CT molecular complexity index is 750. The molecular formula is C24H36O8. The Labute approximate surface area is 190 Å². The Morgan fingerprint density at radius 2 is 1.47 bits per heavy atom. The van der Waals surface area contributed by atoms with Gasteiger partial charge in [-0.15, -0.1) is 0 Å². The lowest BCUT2D eigenvalue weighted by Gasteiger charge is -2.43. The first-order valence-corrected chi connectivity index (χ1v) is 10.7. The van der Waals surface area contributed by atoms with Crippen LogP contribution in [0.15, 0.2) is 30.3 Å². The number of esters is 2. The molecule has 1 N–H and O–H groups in total. The van der Waals surface area contributed by atoms with Crippen molar-refractivity contribution in [2.75, 3.05) is 13.7 Å². The highest BCUT2D eigenvalue weighted by Gasteiger charge is 2.51. The zero-order chi connectivity index (χ0) is 24.1. The second kappa shape index (κ2) is 10.7. The Balaban J connectivity index is 2.20. The van der Waals surface area contributed by atoms with Gasteiger partial charge in [0.1, 0.15) is 12.2 Å². The Kier molecular flexibility index (Phi) is 8.82. The topological polar surface area (TPSA) is 101 Å². The fraction of sp³-hybridized carbons (Fsp3) is 0.667. The van der Waals surface area contributed by atoms with E-state index in [0.717, 1.165) is 5.56 Å². The quantitative estimate of drug-likeness (QED) is 0.631. The smallest absolute Gasteiger partial charge is 0.311 e. The molecule has 1 saturated heterocycles. The molecule has 180 valence electrons. The van der Waals surface area contributed by atoms with Crippen molar-refractivity contribution in [1.29, 1.82) is 0 Å². The number of rotatable bonds is 7. The molecule has 0 aliphatic carbocycles. The molecular weight excluding hydrogens is 416 g/mol. The molecule has 0 spiro atoms. The van der Waals surface area contributed by atoms with Crippen molar-refractivity contribution >= 4 is 11.9 Å². The lowest BCUT2D eigenvalue weighted by Crippen LogP contribution is -2.62. The van der Waals surface area contributed by atoms with Gasteiger partial charge in [-0.3, -0.25) is 9.59 Å². The Morgan fingerprint density at radius 3 is 1.97 bits per heavy atom. The van der Waals surface area contributed by atoms with Crippen LogP contribution < -0.4 is 0 Å². The van der Waals surface area contributed by atoms with E-state index in [9.17, 15) is 14.7 Å². The third-order valence-electron chi connectivity index (χ3n) is 4.96. The molecule has 32 heavy (non-hydrogen) atoms. The second-order valence-electron chi connectivity index (χ2n) is 10.0. The van der Waals surface area contributed by atoms with Crippen LogP contribution in [0.4, 0.5) is 0 Å². The van der Waals surface area contributed by atoms with Crippen molar-refractivity contribution in [2.24, 2.45) is 10.8 Å². The van der Waals surface area contributed by atoms with Gasteiger partial charge in [-0.2, -0.15) is 0 Å². The normalized spacial score (nSPS) is 26.4. The molecule has 0 unspecified atom stereocenters. The predicted molar refractivity (Wildman–Crippen MR) is 116 cm³/mol. The molecule has 2 rings (SSSR count). The van der Waals surface area contributed by atoms with Crippen molar-refractivity contribution in [3.05, 3.63) is 35.9 Å². The number of aliphatic hydroxyl groups is 1. The van der Waals surface area contributed by atoms with Gasteiger partial charge in [0.2, 0.25) is 0 Å². The first kappa shape index (κ1) is 26.3. The highest BCUT2D eigenvalue weighted by molar-refractivity contribution is 5.76. The van der Waals surface area contributed by atoms with E-state index in [1.54, 1.807) is 41.5 Å². The lowest BCUT2D eigenvalue weighted by atomic mass is 9.94. The largest absolute Gasteiger partial charge is 0.455 e. The van der Waals surface area contributed by atoms with Crippen LogP contribution in [0.1, 0.15) is 47.1 Å². The number of ether oxygens (including phenoxy) is 5. The first-order chi connectivity index (χ1) is 14.8. The number of hydrogen-bond donors (Lipinski definition) is 1. The summed E-state index contributed by atoms with van der Waals surface area (Å²) in [5.74, 6) is -1.07. The summed E-state index contributed by atoms with van der Waals surface area (Å²) in [6.07, 6.45) is -5.52. The van der Waals surface area contributed by atoms with Gasteiger partial charge in [-0.25, -0.2) is 0 Å². The van der Waals surface area contributed by atoms with Crippen molar-refractivity contribution in [2.45, 2.75) is 78.9 Å². The fourth-order valence-corrected chi connectivity index (χ4v) is 2.95. The van der Waals surface area contributed by atoms with Crippen LogP contribution in [0.5, 0.6) is 0 Å². The van der Waals surface area contributed by atoms with E-state index < -0.39 is 53.5 Å². The van der Waals surface area contributed by atoms with Crippen LogP contribution in [0.3, 0.4) is 0 Å². The highest BCUT2D eigenvalue weighted by Crippen LogP contribution is 2.31. The minimum absolute atomic E-state index is 0.0272. The predicted octanol–water partition coefficient (Wildman–Crippen LogP) is 2.85. The van der Waals surface area contributed by atoms with Crippen LogP contribution in [0, 0.1) is 10.8 Å². The van der Waals surface area contributed by atoms with Gasteiger partial charge >= 0.3 is 11.9 Å². The molecule has 1 aliphatic rings. The molecule has 0 amide bonds. The van der Waals surface area contributed by atoms with Gasteiger partial charge in [-0.05, 0) is 47.1 Å². The molecule has 1 heterocycles. The highest BCUT2D eigenvalue weighted by atomic mass is 16.7. The molecule has 8 nitrogen and oxygen atoms in total. The minimum atomic E-state index is -1.29. The van der Waals surface area contributed by atoms with Crippen LogP contribution in [-0.2, 0) is 39.9 Å². The summed E-state index contributed by atoms with van der Waals surface area (Å²) in [4.78, 5) is 25.2. The molecule has 0 bridgehead atoms. The van der Waals surface area contributed by atoms with E-state index in [1.165, 1.54) is 7.11 Å². The van der Waals surface area contributed by atoms with Crippen molar-refractivity contribution in [3.8, 4) is 0 Å². The summed E-state index contributed by atoms with van der Waals surface area (Å²) < 4.78 is 28.2. The minimum Gasteiger partial charge on any atom is -0.455 e. The van der Waals surface area contributed by atoms with Gasteiger partial charge in [-0.1, -0.05) is 30.3 Å². The number of carbonyl (C=O) groups is 2. The van der Waals surface area contributed by atoms with Crippen LogP contribution in [-0.4, -0.2) is 61.5 Å². The van der Waals surface area contributed by atoms with Gasteiger partial charge in [0.05, 0.1) is 24.0 Å². The molecule has 0 aromatic heterocycles. The fourth-order valence-electron chi connectivity index (χ4n) is 2.95. The van der Waals surface area contributed by atoms with Crippen LogP contribution in [0.2, 0.25) is 0 Å². The summed E-state index contributed by atoms with van der Waals surface area (Å²) in [6.45, 7) is 10.6. The Morgan fingerprint density at radius 1 is 0.938 bits per heavy atom. The van der Waals surface area contributed by atoms with E-state index in [1.807, 2.05) is 30.3 Å². The molecule has 8 heteroatoms. The standard InChI is InChI=1S/C24H36O8/c1-23(2,3)21(26)31-18-17(25)16(14-29-13-15-11-9-8-10-12-15)30-20(28-7)19(18)32-22(27)24(4,5)6/h8-12,16-20,25H,13-14H2,1-7H3/t16-,17-,18+,19-,20+/m1/s1. The van der Waals surface area contributed by atoms with Crippen LogP contribution in [0.25, 0.3) is 0 Å². The summed E-state index contributed by atoms with van der Waals surface area (Å²) >= 11 is 0. The van der Waals surface area contributed by atoms with Crippen molar-refractivity contribution in [1.82, 2.24) is 0 Å². The van der Waals surface area contributed by atoms with Crippen molar-refractivity contribution in [3.63, 3.8) is 0 Å². The lowest BCUT2D eigenvalue weighted by molar-refractivity contribution is -0.304. The molecule has 1 aromatic rings. The zero-order valence-electron chi connectivity index (χ0n) is 20.0. The third kappa shape index (κ3) is 7.00. The average Bonchev–Trinajstić information content (AvgIpc) is 2.71. The van der Waals surface area contributed by atoms with Gasteiger partial charge in [0, 0.05) is 7.11 Å². The summed E-state index contributed by atoms with van der Waals surface area (Å²) in [5.41, 5.74) is -0.663. The molecule has 1 fully saturated rings. The van der Waals surface area contributed by atoms with E-state index >= 15 is 0 Å². The van der Waals surface area contributed by atoms with Gasteiger partial charge in [0.15, 0.2) is 18.5 Å². The summed E-state index contributed by atoms with van der Waals surface area (Å²) in [7, 11) is 1.39. The van der Waals surface area contributed by atoms with Gasteiger partial charge in [0.25, 0.3) is 0 Å². The van der Waals surface area contributed by atoms with E-state index in [0.29, 0.717) is 6.61 Å². The number of aliphatic hydroxyl groups excluding tert-OH is 1. The molecule has 1 aromatic carbocycles. The number of methoxy groups -OCH3 is 1. The SMILES string of the molecule is CO[C@H]1O[C@H](COCc2ccccc2)[C@@H](O)[C@H](OC(=O)C(C)(C)C)[C@H]1OC(=O)C(C)(C)C. The number of benzene rings is 1. The molecule has 0 radical (unpaired) electrons. The average molecular weight is 453 g/mol. The van der Waals surface area contributed by atoms with E-state index in [2.05, 4.69) is 0 Å². The van der Waals surface area contributed by atoms with E-state index in [4.69, 9.17) is 23.7 Å². The maximum absolute atomic E-state index is 12.6. The second-order valence-corrected chi connectivity index (χ2v) is 10.0. The maximum atomic E-state index is 12.6. The Hall–Kier alpha value is -2.00. The number of carbonyl (C=O) groups excluding carboxylic acids is 2. The molecule has 0 saturated carbocycles. The number of hydrogen-bond acceptors (Lipinski definition) is 8. The summed E-state index contributed by atoms with van der Waals surface area (Å²) in [6, 6.07) is 9.56. The third-order valence-corrected chi connectivity index (χ3v) is 4.96. The van der Waals surface area contributed by atoms with Gasteiger partial charge < -0.3 is 28.8 Å². The van der Waals surface area contributed by atoms with E-state index in [-0.39, 0.29) is 6.61 Å². The zero-order valence-corrected chi connectivity index (χ0v) is 20.0. The first-order valence-electron chi connectivity index (χ1n) is 10.7. The molecule has 1 aliphatic heterocycles. The summed E-state index contributed by atoms with van der Waals surface area (Å²) in [5, 5.41) is 11.0. The maximum Gasteiger partial charge on any atom is 0.311 e. The van der Waals surface area contributed by atoms with Crippen LogP contribution >= 0.6 is 0 Å². The van der Waals surface area contributed by atoms with Crippen molar-refractivity contribution < 1.29 is 38.4 Å². The molecule has 5 atom stereocenters.